The lowest BCUT2D eigenvalue weighted by atomic mass is 9.90. The molecule has 1 N–H and O–H groups in total. The first-order chi connectivity index (χ1) is 12.7. The fourth-order valence-electron chi connectivity index (χ4n) is 2.68. The Morgan fingerprint density at radius 2 is 2.07 bits per heavy atom. The number of hydrogen-bond acceptors (Lipinski definition) is 6. The molecule has 1 aromatic rings. The predicted octanol–water partition coefficient (Wildman–Crippen LogP) is 2.63. The number of nitrogens with zero attached hydrogens (tertiary/aromatic N) is 1. The summed E-state index contributed by atoms with van der Waals surface area (Å²) in [6.45, 7) is 4.79. The van der Waals surface area contributed by atoms with Gasteiger partial charge >= 0.3 is 5.97 Å². The summed E-state index contributed by atoms with van der Waals surface area (Å²) in [5.74, 6) is -0.513. The van der Waals surface area contributed by atoms with Crippen molar-refractivity contribution in [2.75, 3.05) is 19.8 Å². The number of carbonyl (C=O) groups is 1. The Balaban J connectivity index is 1.84. The van der Waals surface area contributed by atoms with Crippen LogP contribution in [-0.4, -0.2) is 40.2 Å². The molecule has 0 radical (unpaired) electrons. The van der Waals surface area contributed by atoms with E-state index in [0.717, 1.165) is 12.8 Å². The smallest absolute Gasteiger partial charge is 0.338 e. The number of rotatable bonds is 9. The third-order valence-electron chi connectivity index (χ3n) is 4.41. The second kappa shape index (κ2) is 9.31. The van der Waals surface area contributed by atoms with E-state index in [9.17, 15) is 13.2 Å². The van der Waals surface area contributed by atoms with E-state index in [1.54, 1.807) is 0 Å². The molecule has 1 aromatic carbocycles. The minimum atomic E-state index is -3.64. The summed E-state index contributed by atoms with van der Waals surface area (Å²) in [5, 5.41) is 8.95. The largest absolute Gasteiger partial charge is 0.462 e. The van der Waals surface area contributed by atoms with Gasteiger partial charge in [0.05, 0.1) is 34.7 Å². The lowest BCUT2D eigenvalue weighted by Crippen LogP contribution is -2.31. The molecule has 0 amide bonds. The van der Waals surface area contributed by atoms with E-state index < -0.39 is 21.4 Å². The maximum atomic E-state index is 12.3. The zero-order valence-electron chi connectivity index (χ0n) is 15.7. The zero-order chi connectivity index (χ0) is 19.9. The molecule has 1 atom stereocenters. The summed E-state index contributed by atoms with van der Waals surface area (Å²) in [5.41, 5.74) is -0.161. The van der Waals surface area contributed by atoms with Crippen LogP contribution in [0.2, 0.25) is 0 Å². The van der Waals surface area contributed by atoms with Crippen LogP contribution in [0.4, 0.5) is 0 Å². The van der Waals surface area contributed by atoms with Gasteiger partial charge in [0.2, 0.25) is 10.0 Å². The Hall–Kier alpha value is -1.95. The highest BCUT2D eigenvalue weighted by Gasteiger charge is 2.21. The van der Waals surface area contributed by atoms with Crippen LogP contribution >= 0.6 is 0 Å². The Morgan fingerprint density at radius 3 is 2.67 bits per heavy atom. The highest BCUT2D eigenvalue weighted by atomic mass is 32.2. The molecule has 1 aliphatic heterocycles. The topological polar surface area (TPSA) is 105 Å². The molecule has 0 aliphatic carbocycles. The highest BCUT2D eigenvalue weighted by Crippen LogP contribution is 2.20. The van der Waals surface area contributed by atoms with E-state index in [0.29, 0.717) is 19.4 Å². The van der Waals surface area contributed by atoms with Gasteiger partial charge in [-0.15, -0.1) is 0 Å². The van der Waals surface area contributed by atoms with E-state index in [1.165, 1.54) is 24.3 Å². The van der Waals surface area contributed by atoms with E-state index in [-0.39, 0.29) is 29.7 Å². The number of benzene rings is 1. The minimum absolute atomic E-state index is 0.0833. The number of nitriles is 1. The van der Waals surface area contributed by atoms with Crippen molar-refractivity contribution in [2.24, 2.45) is 5.41 Å². The normalized spacial score (nSPS) is 17.4. The van der Waals surface area contributed by atoms with E-state index in [2.05, 4.69) is 10.8 Å². The van der Waals surface area contributed by atoms with Crippen molar-refractivity contribution >= 4 is 16.0 Å². The van der Waals surface area contributed by atoms with Gasteiger partial charge in [0.25, 0.3) is 0 Å². The maximum Gasteiger partial charge on any atom is 0.338 e. The lowest BCUT2D eigenvalue weighted by molar-refractivity contribution is 0.0491. The van der Waals surface area contributed by atoms with Crippen LogP contribution in [-0.2, 0) is 19.5 Å². The monoisotopic (exact) mass is 394 g/mol. The number of carbonyl (C=O) groups excluding carboxylic acids is 1. The van der Waals surface area contributed by atoms with Gasteiger partial charge in [0, 0.05) is 13.2 Å². The van der Waals surface area contributed by atoms with Crippen LogP contribution in [0.15, 0.2) is 29.2 Å². The number of ether oxygens (including phenoxy) is 2. The first-order valence-corrected chi connectivity index (χ1v) is 10.5. The molecule has 8 heteroatoms. The quantitative estimate of drug-likeness (QED) is 0.510. The van der Waals surface area contributed by atoms with Crippen molar-refractivity contribution in [3.63, 3.8) is 0 Å². The standard InChI is InChI=1S/C19H26N2O5S/c1-19(2,14-20)10-4-12-26-18(22)15-6-8-17(9-7-15)27(23,24)21-13-16-5-3-11-25-16/h6-9,16,21H,3-5,10-13H2,1-2H3/t16-/m1/s1. The molecule has 7 nitrogen and oxygen atoms in total. The van der Waals surface area contributed by atoms with Gasteiger partial charge < -0.3 is 9.47 Å². The molecule has 1 fully saturated rings. The first-order valence-electron chi connectivity index (χ1n) is 9.03. The molecule has 0 saturated carbocycles. The Labute approximate surface area is 160 Å². The van der Waals surface area contributed by atoms with Crippen LogP contribution < -0.4 is 4.72 Å². The Bertz CT molecular complexity index is 775. The number of sulfonamides is 1. The van der Waals surface area contributed by atoms with Crippen molar-refractivity contribution in [3.8, 4) is 6.07 Å². The molecule has 1 saturated heterocycles. The van der Waals surface area contributed by atoms with Gasteiger partial charge in [-0.3, -0.25) is 0 Å². The fourth-order valence-corrected chi connectivity index (χ4v) is 3.75. The van der Waals surface area contributed by atoms with E-state index in [1.807, 2.05) is 13.8 Å². The zero-order valence-corrected chi connectivity index (χ0v) is 16.5. The Morgan fingerprint density at radius 1 is 1.37 bits per heavy atom. The third kappa shape index (κ3) is 6.61. The third-order valence-corrected chi connectivity index (χ3v) is 5.85. The average Bonchev–Trinajstić information content (AvgIpc) is 3.17. The Kier molecular flexibility index (Phi) is 7.36. The van der Waals surface area contributed by atoms with Crippen LogP contribution in [0.3, 0.4) is 0 Å². The van der Waals surface area contributed by atoms with Crippen LogP contribution in [0.1, 0.15) is 49.9 Å². The molecular formula is C19H26N2O5S. The van der Waals surface area contributed by atoms with Gasteiger partial charge in [-0.25, -0.2) is 17.9 Å². The molecule has 1 heterocycles. The van der Waals surface area contributed by atoms with Crippen molar-refractivity contribution in [1.82, 2.24) is 4.72 Å². The fraction of sp³-hybridized carbons (Fsp3) is 0.579. The van der Waals surface area contributed by atoms with Gasteiger partial charge in [-0.1, -0.05) is 0 Å². The highest BCUT2D eigenvalue weighted by molar-refractivity contribution is 7.89. The molecule has 2 rings (SSSR count). The van der Waals surface area contributed by atoms with Crippen LogP contribution in [0, 0.1) is 16.7 Å². The van der Waals surface area contributed by atoms with Crippen LogP contribution in [0.25, 0.3) is 0 Å². The van der Waals surface area contributed by atoms with Gasteiger partial charge in [-0.2, -0.15) is 5.26 Å². The minimum Gasteiger partial charge on any atom is -0.462 e. The number of hydrogen-bond donors (Lipinski definition) is 1. The molecular weight excluding hydrogens is 368 g/mol. The van der Waals surface area contributed by atoms with Gasteiger partial charge in [0.1, 0.15) is 0 Å². The van der Waals surface area contributed by atoms with Crippen molar-refractivity contribution in [3.05, 3.63) is 29.8 Å². The van der Waals surface area contributed by atoms with E-state index in [4.69, 9.17) is 14.7 Å². The molecule has 0 bridgehead atoms. The summed E-state index contributed by atoms with van der Waals surface area (Å²) >= 11 is 0. The molecule has 0 unspecified atom stereocenters. The SMILES string of the molecule is CC(C)(C#N)CCCOC(=O)c1ccc(S(=O)(=O)NC[C@H]2CCCO2)cc1. The summed E-state index contributed by atoms with van der Waals surface area (Å²) in [7, 11) is -3.64. The van der Waals surface area contributed by atoms with Crippen molar-refractivity contribution in [2.45, 2.75) is 50.5 Å². The molecule has 0 aromatic heterocycles. The van der Waals surface area contributed by atoms with E-state index >= 15 is 0 Å². The summed E-state index contributed by atoms with van der Waals surface area (Å²) in [4.78, 5) is 12.1. The average molecular weight is 394 g/mol. The van der Waals surface area contributed by atoms with Crippen molar-refractivity contribution in [1.29, 1.82) is 5.26 Å². The van der Waals surface area contributed by atoms with Crippen molar-refractivity contribution < 1.29 is 22.7 Å². The molecule has 27 heavy (non-hydrogen) atoms. The summed E-state index contributed by atoms with van der Waals surface area (Å²) < 4.78 is 37.7. The van der Waals surface area contributed by atoms with Crippen LogP contribution in [0.5, 0.6) is 0 Å². The lowest BCUT2D eigenvalue weighted by Gasteiger charge is -2.14. The molecule has 1 aliphatic rings. The number of nitrogens with one attached hydrogen (secondary N) is 1. The number of esters is 1. The summed E-state index contributed by atoms with van der Waals surface area (Å²) in [6, 6.07) is 7.83. The molecule has 0 spiro atoms. The molecule has 148 valence electrons. The predicted molar refractivity (Wildman–Crippen MR) is 99.5 cm³/mol. The maximum absolute atomic E-state index is 12.3. The first kappa shape index (κ1) is 21.4. The second-order valence-electron chi connectivity index (χ2n) is 7.25. The second-order valence-corrected chi connectivity index (χ2v) is 9.01. The van der Waals surface area contributed by atoms with Gasteiger partial charge in [0.15, 0.2) is 0 Å². The van der Waals surface area contributed by atoms with Gasteiger partial charge in [-0.05, 0) is 63.8 Å². The summed E-state index contributed by atoms with van der Waals surface area (Å²) in [6.07, 6.45) is 2.92.